The average molecular weight is 851 g/mol. The minimum absolute atomic E-state index is 0. The molecule has 5 N–H and O–H groups in total. The number of aliphatic hydroxyl groups excluding tert-OH is 1. The molecule has 0 aromatic heterocycles. The van der Waals surface area contributed by atoms with Crippen molar-refractivity contribution in [2.24, 2.45) is 11.8 Å². The lowest BCUT2D eigenvalue weighted by Crippen LogP contribution is -3.00. The van der Waals surface area contributed by atoms with Crippen molar-refractivity contribution in [2.45, 2.75) is 130 Å². The number of carbonyl (C=O) groups is 1. The number of phenols is 2. The Morgan fingerprint density at radius 3 is 2.00 bits per heavy atom. The van der Waals surface area contributed by atoms with Crippen LogP contribution in [0.2, 0.25) is 0 Å². The maximum absolute atomic E-state index is 12.8. The quantitative estimate of drug-likeness (QED) is 0.249. The fourth-order valence-corrected chi connectivity index (χ4v) is 14.1. The van der Waals surface area contributed by atoms with Crippen molar-refractivity contribution in [1.29, 1.82) is 0 Å². The van der Waals surface area contributed by atoms with Gasteiger partial charge in [-0.2, -0.15) is 0 Å². The number of halogens is 1. The molecule has 4 bridgehead atoms. The summed E-state index contributed by atoms with van der Waals surface area (Å²) in [6.45, 7) is 6.71. The molecule has 2 saturated heterocycles. The molecule has 12 atom stereocenters. The van der Waals surface area contributed by atoms with Gasteiger partial charge in [-0.1, -0.05) is 19.1 Å². The van der Waals surface area contributed by atoms with Crippen LogP contribution in [0.4, 0.5) is 0 Å². The molecule has 10 aliphatic rings. The van der Waals surface area contributed by atoms with Crippen molar-refractivity contribution in [3.63, 3.8) is 0 Å². The van der Waals surface area contributed by atoms with Gasteiger partial charge in [-0.3, -0.25) is 4.79 Å². The van der Waals surface area contributed by atoms with Crippen molar-refractivity contribution in [2.75, 3.05) is 46.9 Å². The SMILES string of the molecule is CCCOC1C[C@@H](O)[C@@H]2Oc3c(O)ccc4c3[C@@]23CC[N+](C)(CC2CC2)[C@H](C4)[C@]13O.C[N+]1(CC2CC2)CC[C@]23c4c5ccc(O)c4O[C@H]2C(=O)C=C[C@@]3(O)[C@H]1C5.[Br-]. The number of carbonyl (C=O) groups excluding carboxylic acids is 1. The number of aromatic hydroxyl groups is 2. The first-order valence-electron chi connectivity index (χ1n) is 21.4. The highest BCUT2D eigenvalue weighted by atomic mass is 79.9. The van der Waals surface area contributed by atoms with Gasteiger partial charge in [-0.15, -0.1) is 0 Å². The van der Waals surface area contributed by atoms with Gasteiger partial charge in [0.25, 0.3) is 0 Å². The normalized spacial score (nSPS) is 44.4. The predicted molar refractivity (Wildman–Crippen MR) is 205 cm³/mol. The minimum atomic E-state index is -1.12. The molecular weight excluding hydrogens is 792 g/mol. The highest BCUT2D eigenvalue weighted by Crippen LogP contribution is 2.68. The molecule has 12 heteroatoms. The molecule has 2 aromatic rings. The van der Waals surface area contributed by atoms with Crippen molar-refractivity contribution >= 4 is 5.78 Å². The van der Waals surface area contributed by atoms with Gasteiger partial charge in [0.2, 0.25) is 0 Å². The molecule has 4 aliphatic heterocycles. The number of aliphatic hydroxyl groups is 3. The molecule has 2 spiro atoms. The Bertz CT molecular complexity index is 2070. The van der Waals surface area contributed by atoms with Crippen molar-refractivity contribution in [3.8, 4) is 23.0 Å². The molecule has 4 heterocycles. The summed E-state index contributed by atoms with van der Waals surface area (Å²) in [4.78, 5) is 12.7. The highest BCUT2D eigenvalue weighted by Gasteiger charge is 2.80. The largest absolute Gasteiger partial charge is 1.00 e. The topological polar surface area (TPSA) is 146 Å². The van der Waals surface area contributed by atoms with Gasteiger partial charge in [0.15, 0.2) is 40.5 Å². The number of benzene rings is 2. The van der Waals surface area contributed by atoms with Gasteiger partial charge in [0.05, 0.1) is 63.3 Å². The summed E-state index contributed by atoms with van der Waals surface area (Å²) in [5.41, 5.74) is 0.383. The Morgan fingerprint density at radius 1 is 0.825 bits per heavy atom. The van der Waals surface area contributed by atoms with E-state index in [4.69, 9.17) is 14.2 Å². The highest BCUT2D eigenvalue weighted by molar-refractivity contribution is 5.99. The van der Waals surface area contributed by atoms with Crippen LogP contribution in [0.3, 0.4) is 0 Å². The summed E-state index contributed by atoms with van der Waals surface area (Å²) in [5, 5.41) is 56.9. The summed E-state index contributed by atoms with van der Waals surface area (Å²) >= 11 is 0. The summed E-state index contributed by atoms with van der Waals surface area (Å²) in [6.07, 6.45) is 10.2. The maximum Gasteiger partial charge on any atom is 0.197 e. The number of hydrogen-bond donors (Lipinski definition) is 5. The van der Waals surface area contributed by atoms with E-state index in [-0.39, 0.29) is 46.3 Å². The number of phenolic OH excluding ortho intramolecular Hbond substituents is 2. The number of ketones is 1. The number of likely N-dealkylation sites (tertiary alicyclic amines) is 2. The molecule has 3 unspecified atom stereocenters. The average Bonchev–Trinajstić information content (AvgIpc) is 4.09. The van der Waals surface area contributed by atoms with E-state index in [9.17, 15) is 30.3 Å². The minimum Gasteiger partial charge on any atom is -1.00 e. The van der Waals surface area contributed by atoms with Crippen LogP contribution in [0.5, 0.6) is 23.0 Å². The van der Waals surface area contributed by atoms with Crippen molar-refractivity contribution in [1.82, 2.24) is 0 Å². The lowest BCUT2D eigenvalue weighted by molar-refractivity contribution is -0.951. The summed E-state index contributed by atoms with van der Waals surface area (Å²) in [6, 6.07) is 7.36. The van der Waals surface area contributed by atoms with Crippen LogP contribution >= 0.6 is 0 Å². The third kappa shape index (κ3) is 4.78. The monoisotopic (exact) mass is 849 g/mol. The second kappa shape index (κ2) is 12.4. The number of ether oxygens (including phenoxy) is 3. The zero-order valence-corrected chi connectivity index (χ0v) is 34.9. The zero-order chi connectivity index (χ0) is 38.8. The Hall–Kier alpha value is -2.71. The lowest BCUT2D eigenvalue weighted by Gasteiger charge is -2.67. The first kappa shape index (κ1) is 38.5. The molecule has 57 heavy (non-hydrogen) atoms. The molecule has 5 fully saturated rings. The fraction of sp³-hybridized carbons (Fsp3) is 0.667. The predicted octanol–water partition coefficient (Wildman–Crippen LogP) is 0.317. The standard InChI is InChI=1S/C24H33NO5.C21H23NO4.BrH/c1-3-10-29-19-12-17(27)22-23-8-9-25(2,13-14-4-5-14)18(24(19,23)28)11-15-6-7-16(26)21(30-22)20(15)23;1-22(11-12-2-3-12)9-8-20-17-13-4-5-14(23)18(17)26-19(20)15(24)6-7-21(20,25)16(22)10-13;/h6-7,14,17-19,22,27-28H,3-5,8-13H2,1-2H3;4-7,12,16,19,25H,2-3,8-11H2,1H3;1H/p+1/t17-,18-,19?,22+,23+,24+,25?;16-,19+,20+,21-,22?;/m11./s1. The molecule has 0 radical (unpaired) electrons. The Morgan fingerprint density at radius 2 is 1.39 bits per heavy atom. The molecule has 12 rings (SSSR count). The number of piperidine rings is 2. The molecular formula is C45H58BrN2O9+. The first-order valence-corrected chi connectivity index (χ1v) is 21.4. The van der Waals surface area contributed by atoms with Crippen molar-refractivity contribution < 1.29 is 70.5 Å². The number of hydrogen-bond acceptors (Lipinski definition) is 9. The van der Waals surface area contributed by atoms with E-state index in [0.717, 1.165) is 94.9 Å². The van der Waals surface area contributed by atoms with Crippen molar-refractivity contribution in [3.05, 3.63) is 58.7 Å². The Kier molecular flexibility index (Phi) is 8.39. The van der Waals surface area contributed by atoms with Gasteiger partial charge in [-0.05, 0) is 67.5 Å². The van der Waals surface area contributed by atoms with Crippen LogP contribution in [0, 0.1) is 11.8 Å². The number of nitrogens with zero attached hydrogens (tertiary/aromatic N) is 2. The molecule has 3 saturated carbocycles. The number of quaternary nitrogens is 2. The second-order valence-corrected chi connectivity index (χ2v) is 20.0. The van der Waals surface area contributed by atoms with Gasteiger partial charge in [0.1, 0.15) is 23.8 Å². The van der Waals surface area contributed by atoms with Gasteiger partial charge in [-0.25, -0.2) is 0 Å². The van der Waals surface area contributed by atoms with E-state index < -0.39 is 46.4 Å². The smallest absolute Gasteiger partial charge is 0.197 e. The van der Waals surface area contributed by atoms with Crippen LogP contribution < -0.4 is 26.5 Å². The molecule has 11 nitrogen and oxygen atoms in total. The maximum atomic E-state index is 12.8. The second-order valence-electron chi connectivity index (χ2n) is 20.0. The molecule has 0 amide bonds. The Balaban J connectivity index is 0.000000138. The van der Waals surface area contributed by atoms with Gasteiger partial charge < -0.3 is 65.7 Å². The van der Waals surface area contributed by atoms with Crippen LogP contribution in [-0.2, 0) is 33.2 Å². The van der Waals surface area contributed by atoms with E-state index in [1.807, 2.05) is 12.1 Å². The van der Waals surface area contributed by atoms with E-state index in [1.54, 1.807) is 18.2 Å². The number of likely N-dealkylation sites (N-methyl/N-ethyl adjacent to an activating group) is 2. The molecule has 308 valence electrons. The molecule has 2 aromatic carbocycles. The fourth-order valence-electron chi connectivity index (χ4n) is 14.1. The first-order chi connectivity index (χ1) is 26.7. The van der Waals surface area contributed by atoms with E-state index in [2.05, 4.69) is 21.0 Å². The van der Waals surface area contributed by atoms with Crippen LogP contribution in [0.1, 0.15) is 80.5 Å². The van der Waals surface area contributed by atoms with Gasteiger partial charge >= 0.3 is 0 Å². The van der Waals surface area contributed by atoms with Crippen LogP contribution in [0.25, 0.3) is 0 Å². The van der Waals surface area contributed by atoms with E-state index in [1.165, 1.54) is 31.8 Å². The summed E-state index contributed by atoms with van der Waals surface area (Å²) in [5.74, 6) is 2.49. The van der Waals surface area contributed by atoms with Gasteiger partial charge in [0, 0.05) is 61.7 Å². The zero-order valence-electron chi connectivity index (χ0n) is 33.3. The Labute approximate surface area is 345 Å². The summed E-state index contributed by atoms with van der Waals surface area (Å²) < 4.78 is 20.3. The third-order valence-electron chi connectivity index (χ3n) is 16.9. The summed E-state index contributed by atoms with van der Waals surface area (Å²) in [7, 11) is 4.59. The van der Waals surface area contributed by atoms with E-state index in [0.29, 0.717) is 30.9 Å². The lowest BCUT2D eigenvalue weighted by atomic mass is 9.47. The van der Waals surface area contributed by atoms with Crippen LogP contribution in [-0.4, -0.2) is 135 Å². The third-order valence-corrected chi connectivity index (χ3v) is 16.9. The number of rotatable bonds is 7. The van der Waals surface area contributed by atoms with E-state index >= 15 is 0 Å². The molecule has 6 aliphatic carbocycles. The van der Waals surface area contributed by atoms with Crippen LogP contribution in [0.15, 0.2) is 36.4 Å².